The number of benzene rings is 2. The van der Waals surface area contributed by atoms with Crippen LogP contribution in [0.25, 0.3) is 0 Å². The fourth-order valence-corrected chi connectivity index (χ4v) is 4.34. The third-order valence-corrected chi connectivity index (χ3v) is 6.34. The first-order valence-corrected chi connectivity index (χ1v) is 10.0. The van der Waals surface area contributed by atoms with Gasteiger partial charge in [0.2, 0.25) is 0 Å². The van der Waals surface area contributed by atoms with Gasteiger partial charge < -0.3 is 14.5 Å². The summed E-state index contributed by atoms with van der Waals surface area (Å²) in [5, 5.41) is 0.983. The summed E-state index contributed by atoms with van der Waals surface area (Å²) < 4.78 is 64.1. The Bertz CT molecular complexity index is 1080. The normalized spacial score (nSPS) is 12.4. The molecule has 0 spiro atoms. The van der Waals surface area contributed by atoms with Gasteiger partial charge in [-0.3, -0.25) is 4.79 Å². The molecule has 2 aromatic carbocycles. The molecule has 1 aromatic heterocycles. The molecule has 1 amide bonds. The van der Waals surface area contributed by atoms with Crippen molar-refractivity contribution in [2.45, 2.75) is 10.1 Å². The number of sulfone groups is 1. The van der Waals surface area contributed by atoms with E-state index in [9.17, 15) is 22.0 Å². The van der Waals surface area contributed by atoms with Crippen molar-refractivity contribution < 1.29 is 31.1 Å². The largest absolute Gasteiger partial charge is 0.497 e. The fraction of sp³-hybridized carbons (Fsp3) is 0.150. The first kappa shape index (κ1) is 20.5. The van der Waals surface area contributed by atoms with Gasteiger partial charge in [-0.05, 0) is 48.5 Å². The summed E-state index contributed by atoms with van der Waals surface area (Å²) in [6.45, 7) is -0.450. The minimum Gasteiger partial charge on any atom is -0.497 e. The van der Waals surface area contributed by atoms with Crippen molar-refractivity contribution in [2.75, 3.05) is 13.7 Å². The molecule has 1 heterocycles. The van der Waals surface area contributed by atoms with Crippen molar-refractivity contribution in [2.24, 2.45) is 0 Å². The van der Waals surface area contributed by atoms with E-state index in [0.717, 1.165) is 18.2 Å². The molecule has 0 saturated heterocycles. The molecule has 3 rings (SSSR count). The zero-order chi connectivity index (χ0) is 21.0. The van der Waals surface area contributed by atoms with Gasteiger partial charge in [0.05, 0.1) is 18.3 Å². The van der Waals surface area contributed by atoms with Crippen LogP contribution in [0.1, 0.15) is 21.4 Å². The maximum absolute atomic E-state index is 13.8. The molecule has 0 radical (unpaired) electrons. The van der Waals surface area contributed by atoms with E-state index in [0.29, 0.717) is 5.75 Å². The molecular weight excluding hydrogens is 404 g/mol. The number of carbonyl (C=O) groups is 1. The van der Waals surface area contributed by atoms with Gasteiger partial charge in [-0.1, -0.05) is 6.07 Å². The predicted octanol–water partition coefficient (Wildman–Crippen LogP) is 3.51. The van der Waals surface area contributed by atoms with Gasteiger partial charge in [0, 0.05) is 6.54 Å². The lowest BCUT2D eigenvalue weighted by Crippen LogP contribution is -2.32. The molecule has 0 unspecified atom stereocenters. The SMILES string of the molecule is COc1ccc(S(=O)(=O)[C@H](CNC(=O)c2c(F)cccc2F)c2ccco2)cc1. The molecule has 1 atom stereocenters. The third kappa shape index (κ3) is 4.29. The van der Waals surface area contributed by atoms with Crippen molar-refractivity contribution in [3.63, 3.8) is 0 Å². The monoisotopic (exact) mass is 421 g/mol. The highest BCUT2D eigenvalue weighted by atomic mass is 32.2. The Kier molecular flexibility index (Phi) is 5.97. The molecule has 0 aliphatic carbocycles. The summed E-state index contributed by atoms with van der Waals surface area (Å²) in [4.78, 5) is 12.3. The summed E-state index contributed by atoms with van der Waals surface area (Å²) >= 11 is 0. The number of halogens is 2. The maximum atomic E-state index is 13.8. The van der Waals surface area contributed by atoms with Crippen molar-refractivity contribution in [3.05, 3.63) is 83.8 Å². The van der Waals surface area contributed by atoms with Crippen LogP contribution < -0.4 is 10.1 Å². The number of furan rings is 1. The van der Waals surface area contributed by atoms with Crippen molar-refractivity contribution >= 4 is 15.7 Å². The number of nitrogens with one attached hydrogen (secondary N) is 1. The zero-order valence-corrected chi connectivity index (χ0v) is 16.1. The predicted molar refractivity (Wildman–Crippen MR) is 100 cm³/mol. The molecule has 0 aliphatic heterocycles. The molecule has 29 heavy (non-hydrogen) atoms. The van der Waals surface area contributed by atoms with E-state index in [1.807, 2.05) is 0 Å². The van der Waals surface area contributed by atoms with Gasteiger partial charge in [-0.25, -0.2) is 17.2 Å². The summed E-state index contributed by atoms with van der Waals surface area (Å²) in [6, 6.07) is 11.7. The van der Waals surface area contributed by atoms with Gasteiger partial charge in [0.15, 0.2) is 9.84 Å². The molecule has 152 valence electrons. The number of ether oxygens (including phenoxy) is 1. The number of rotatable bonds is 7. The lowest BCUT2D eigenvalue weighted by Gasteiger charge is -2.17. The quantitative estimate of drug-likeness (QED) is 0.631. The Morgan fingerprint density at radius 1 is 1.07 bits per heavy atom. The van der Waals surface area contributed by atoms with Gasteiger partial charge in [0.1, 0.15) is 34.0 Å². The topological polar surface area (TPSA) is 85.6 Å². The van der Waals surface area contributed by atoms with Crippen LogP contribution in [0, 0.1) is 11.6 Å². The molecule has 0 saturated carbocycles. The van der Waals surface area contributed by atoms with E-state index in [1.54, 1.807) is 0 Å². The Morgan fingerprint density at radius 3 is 2.28 bits per heavy atom. The Labute approximate surface area is 166 Å². The molecule has 9 heteroatoms. The second-order valence-corrected chi connectivity index (χ2v) is 8.16. The highest BCUT2D eigenvalue weighted by Crippen LogP contribution is 2.30. The van der Waals surface area contributed by atoms with Gasteiger partial charge in [-0.15, -0.1) is 0 Å². The second kappa shape index (κ2) is 8.44. The number of carbonyl (C=O) groups excluding carboxylic acids is 1. The highest BCUT2D eigenvalue weighted by Gasteiger charge is 2.32. The summed E-state index contributed by atoms with van der Waals surface area (Å²) in [5.41, 5.74) is -0.785. The number of methoxy groups -OCH3 is 1. The molecule has 3 aromatic rings. The lowest BCUT2D eigenvalue weighted by atomic mass is 10.2. The van der Waals surface area contributed by atoms with Crippen LogP contribution in [-0.2, 0) is 9.84 Å². The standard InChI is InChI=1S/C20H17F2NO5S/c1-27-13-7-9-14(10-8-13)29(25,26)18(17-6-3-11-28-17)12-23-20(24)19-15(21)4-2-5-16(19)22/h2-11,18H,12H2,1H3,(H,23,24)/t18-/m1/s1. The van der Waals surface area contributed by atoms with Gasteiger partial charge in [0.25, 0.3) is 5.91 Å². The van der Waals surface area contributed by atoms with E-state index in [1.165, 1.54) is 49.8 Å². The van der Waals surface area contributed by atoms with Gasteiger partial charge in [-0.2, -0.15) is 0 Å². The summed E-state index contributed by atoms with van der Waals surface area (Å²) in [6.07, 6.45) is 1.30. The first-order chi connectivity index (χ1) is 13.8. The average molecular weight is 421 g/mol. The minimum atomic E-state index is -4.00. The van der Waals surface area contributed by atoms with Crippen molar-refractivity contribution in [1.82, 2.24) is 5.32 Å². The van der Waals surface area contributed by atoms with Crippen LogP contribution in [0.4, 0.5) is 8.78 Å². The highest BCUT2D eigenvalue weighted by molar-refractivity contribution is 7.91. The number of amides is 1. The first-order valence-electron chi connectivity index (χ1n) is 8.48. The molecular formula is C20H17F2NO5S. The van der Waals surface area contributed by atoms with Crippen LogP contribution in [0.3, 0.4) is 0 Å². The second-order valence-electron chi connectivity index (χ2n) is 6.03. The maximum Gasteiger partial charge on any atom is 0.257 e. The van der Waals surface area contributed by atoms with E-state index in [4.69, 9.17) is 9.15 Å². The van der Waals surface area contributed by atoms with E-state index in [2.05, 4.69) is 5.32 Å². The Hall–Kier alpha value is -3.20. The number of hydrogen-bond donors (Lipinski definition) is 1. The van der Waals surface area contributed by atoms with Crippen LogP contribution in [-0.4, -0.2) is 28.0 Å². The van der Waals surface area contributed by atoms with Crippen LogP contribution in [0.15, 0.2) is 70.2 Å². The molecule has 0 bridgehead atoms. The van der Waals surface area contributed by atoms with E-state index < -0.39 is 44.7 Å². The zero-order valence-electron chi connectivity index (χ0n) is 15.3. The van der Waals surface area contributed by atoms with E-state index >= 15 is 0 Å². The average Bonchev–Trinajstić information content (AvgIpc) is 3.22. The number of hydrogen-bond acceptors (Lipinski definition) is 5. The minimum absolute atomic E-state index is 0.0222. The van der Waals surface area contributed by atoms with Crippen molar-refractivity contribution in [1.29, 1.82) is 0 Å². The summed E-state index contributed by atoms with van der Waals surface area (Å²) in [7, 11) is -2.55. The Morgan fingerprint density at radius 2 is 1.72 bits per heavy atom. The Balaban J connectivity index is 1.89. The van der Waals surface area contributed by atoms with E-state index in [-0.39, 0.29) is 10.7 Å². The third-order valence-electron chi connectivity index (χ3n) is 4.26. The lowest BCUT2D eigenvalue weighted by molar-refractivity contribution is 0.0944. The smallest absolute Gasteiger partial charge is 0.257 e. The summed E-state index contributed by atoms with van der Waals surface area (Å²) in [5.74, 6) is -2.61. The molecule has 1 N–H and O–H groups in total. The molecule has 0 fully saturated rings. The molecule has 6 nitrogen and oxygen atoms in total. The van der Waals surface area contributed by atoms with Crippen LogP contribution in [0.2, 0.25) is 0 Å². The fourth-order valence-electron chi connectivity index (χ4n) is 2.76. The van der Waals surface area contributed by atoms with Crippen LogP contribution in [0.5, 0.6) is 5.75 Å². The van der Waals surface area contributed by atoms with Crippen molar-refractivity contribution in [3.8, 4) is 5.75 Å². The molecule has 0 aliphatic rings. The van der Waals surface area contributed by atoms with Crippen LogP contribution >= 0.6 is 0 Å². The van der Waals surface area contributed by atoms with Gasteiger partial charge >= 0.3 is 0 Å².